The molecule has 5 nitrogen and oxygen atoms in total. The third-order valence-electron chi connectivity index (χ3n) is 3.68. The highest BCUT2D eigenvalue weighted by Gasteiger charge is 2.19. The molecule has 0 saturated carbocycles. The molecule has 0 radical (unpaired) electrons. The van der Waals surface area contributed by atoms with Gasteiger partial charge in [-0.25, -0.2) is 4.79 Å². The van der Waals surface area contributed by atoms with Crippen LogP contribution in [-0.4, -0.2) is 11.9 Å². The molecule has 0 aliphatic carbocycles. The van der Waals surface area contributed by atoms with Crippen molar-refractivity contribution in [2.24, 2.45) is 0 Å². The Balaban J connectivity index is 1.65. The van der Waals surface area contributed by atoms with Gasteiger partial charge < -0.3 is 16.0 Å². The molecular weight excluding hydrogens is 314 g/mol. The van der Waals surface area contributed by atoms with E-state index in [4.69, 9.17) is 11.6 Å². The third-order valence-corrected chi connectivity index (χ3v) is 3.92. The minimum absolute atomic E-state index is 0.00328. The van der Waals surface area contributed by atoms with Gasteiger partial charge in [-0.1, -0.05) is 29.8 Å². The van der Waals surface area contributed by atoms with E-state index >= 15 is 0 Å². The van der Waals surface area contributed by atoms with Crippen molar-refractivity contribution in [3.8, 4) is 0 Å². The van der Waals surface area contributed by atoms with Crippen molar-refractivity contribution in [1.82, 2.24) is 5.32 Å². The molecule has 2 aromatic rings. The lowest BCUT2D eigenvalue weighted by molar-refractivity contribution is -0.115. The first-order valence-corrected chi connectivity index (χ1v) is 7.65. The van der Waals surface area contributed by atoms with Crippen LogP contribution in [-0.2, 0) is 11.2 Å². The van der Waals surface area contributed by atoms with Gasteiger partial charge in [0, 0.05) is 16.4 Å². The highest BCUT2D eigenvalue weighted by molar-refractivity contribution is 6.30. The average molecular weight is 330 g/mol. The molecule has 1 aliphatic rings. The Kier molecular flexibility index (Phi) is 4.21. The van der Waals surface area contributed by atoms with Gasteiger partial charge in [0.05, 0.1) is 12.5 Å². The molecule has 1 aliphatic heterocycles. The number of rotatable bonds is 3. The summed E-state index contributed by atoms with van der Waals surface area (Å²) in [5, 5.41) is 8.96. The van der Waals surface area contributed by atoms with E-state index in [2.05, 4.69) is 16.0 Å². The number of hydrogen-bond donors (Lipinski definition) is 3. The number of benzene rings is 2. The third kappa shape index (κ3) is 3.63. The molecule has 3 amide bonds. The van der Waals surface area contributed by atoms with Crippen molar-refractivity contribution in [2.45, 2.75) is 19.4 Å². The molecule has 0 bridgehead atoms. The molecule has 0 fully saturated rings. The largest absolute Gasteiger partial charge is 0.331 e. The molecule has 118 valence electrons. The van der Waals surface area contributed by atoms with Gasteiger partial charge in [-0.2, -0.15) is 0 Å². The van der Waals surface area contributed by atoms with Gasteiger partial charge >= 0.3 is 6.03 Å². The summed E-state index contributed by atoms with van der Waals surface area (Å²) in [7, 11) is 0. The highest BCUT2D eigenvalue weighted by atomic mass is 35.5. The minimum atomic E-state index is -0.311. The van der Waals surface area contributed by atoms with Crippen LogP contribution in [0.15, 0.2) is 42.5 Å². The number of urea groups is 1. The summed E-state index contributed by atoms with van der Waals surface area (Å²) in [6, 6.07) is 12.2. The predicted octanol–water partition coefficient (Wildman–Crippen LogP) is 3.72. The maximum atomic E-state index is 12.1. The molecule has 1 atom stereocenters. The van der Waals surface area contributed by atoms with Crippen molar-refractivity contribution in [1.29, 1.82) is 0 Å². The molecule has 2 aromatic carbocycles. The molecule has 0 saturated heterocycles. The minimum Gasteiger partial charge on any atom is -0.331 e. The predicted molar refractivity (Wildman–Crippen MR) is 90.8 cm³/mol. The summed E-state index contributed by atoms with van der Waals surface area (Å²) in [6.07, 6.45) is 0.380. The van der Waals surface area contributed by atoms with E-state index in [-0.39, 0.29) is 18.0 Å². The van der Waals surface area contributed by atoms with Crippen LogP contribution in [0.1, 0.15) is 24.1 Å². The van der Waals surface area contributed by atoms with Gasteiger partial charge in [0.1, 0.15) is 0 Å². The Bertz CT molecular complexity index is 776. The second-order valence-corrected chi connectivity index (χ2v) is 5.91. The molecule has 3 rings (SSSR count). The van der Waals surface area contributed by atoms with Crippen LogP contribution in [0.3, 0.4) is 0 Å². The Morgan fingerprint density at radius 1 is 1.26 bits per heavy atom. The first-order valence-electron chi connectivity index (χ1n) is 7.27. The molecule has 23 heavy (non-hydrogen) atoms. The lowest BCUT2D eigenvalue weighted by atomic mass is 10.0. The number of carbonyl (C=O) groups is 2. The fourth-order valence-electron chi connectivity index (χ4n) is 2.53. The smallest absolute Gasteiger partial charge is 0.319 e. The van der Waals surface area contributed by atoms with E-state index in [9.17, 15) is 9.59 Å². The summed E-state index contributed by atoms with van der Waals surface area (Å²) < 4.78 is 0. The molecule has 0 aromatic heterocycles. The second-order valence-electron chi connectivity index (χ2n) is 5.47. The zero-order chi connectivity index (χ0) is 16.4. The molecule has 3 N–H and O–H groups in total. The van der Waals surface area contributed by atoms with Crippen LogP contribution in [0.25, 0.3) is 0 Å². The van der Waals surface area contributed by atoms with Crippen LogP contribution in [0, 0.1) is 0 Å². The monoisotopic (exact) mass is 329 g/mol. The van der Waals surface area contributed by atoms with Crippen molar-refractivity contribution < 1.29 is 9.59 Å². The Morgan fingerprint density at radius 3 is 2.87 bits per heavy atom. The number of fused-ring (bicyclic) bond motifs is 1. The quantitative estimate of drug-likeness (QED) is 0.803. The first-order chi connectivity index (χ1) is 11.0. The van der Waals surface area contributed by atoms with Crippen molar-refractivity contribution >= 4 is 34.9 Å². The molecule has 6 heteroatoms. The lowest BCUT2D eigenvalue weighted by Crippen LogP contribution is -2.31. The van der Waals surface area contributed by atoms with Crippen molar-refractivity contribution in [2.75, 3.05) is 10.6 Å². The van der Waals surface area contributed by atoms with Gasteiger partial charge in [-0.15, -0.1) is 0 Å². The van der Waals surface area contributed by atoms with Gasteiger partial charge in [-0.3, -0.25) is 4.79 Å². The van der Waals surface area contributed by atoms with Crippen LogP contribution in [0.5, 0.6) is 0 Å². The van der Waals surface area contributed by atoms with E-state index in [1.54, 1.807) is 24.3 Å². The Morgan fingerprint density at radius 2 is 2.09 bits per heavy atom. The number of hydrogen-bond acceptors (Lipinski definition) is 2. The van der Waals surface area contributed by atoms with Gasteiger partial charge in [0.2, 0.25) is 5.91 Å². The maximum Gasteiger partial charge on any atom is 0.319 e. The first kappa shape index (κ1) is 15.4. The summed E-state index contributed by atoms with van der Waals surface area (Å²) in [5.74, 6) is -0.00328. The van der Waals surface area contributed by atoms with Gasteiger partial charge in [-0.05, 0) is 42.3 Å². The Labute approximate surface area is 139 Å². The van der Waals surface area contributed by atoms with Gasteiger partial charge in [0.25, 0.3) is 0 Å². The van der Waals surface area contributed by atoms with Crippen LogP contribution < -0.4 is 16.0 Å². The highest BCUT2D eigenvalue weighted by Crippen LogP contribution is 2.26. The van der Waals surface area contributed by atoms with Gasteiger partial charge in [0.15, 0.2) is 0 Å². The second kappa shape index (κ2) is 6.30. The summed E-state index contributed by atoms with van der Waals surface area (Å²) in [5.41, 5.74) is 3.37. The molecular formula is C17H16ClN3O2. The number of nitrogens with one attached hydrogen (secondary N) is 3. The zero-order valence-electron chi connectivity index (χ0n) is 12.5. The van der Waals surface area contributed by atoms with Crippen LogP contribution in [0.4, 0.5) is 16.2 Å². The fourth-order valence-corrected chi connectivity index (χ4v) is 2.72. The number of carbonyl (C=O) groups excluding carboxylic acids is 2. The number of amides is 3. The zero-order valence-corrected chi connectivity index (χ0v) is 13.3. The van der Waals surface area contributed by atoms with E-state index < -0.39 is 0 Å². The van der Waals surface area contributed by atoms with Crippen LogP contribution in [0.2, 0.25) is 5.02 Å². The summed E-state index contributed by atoms with van der Waals surface area (Å²) in [6.45, 7) is 1.89. The molecule has 1 heterocycles. The van der Waals surface area contributed by atoms with E-state index in [1.807, 2.05) is 25.1 Å². The molecule has 0 spiro atoms. The maximum absolute atomic E-state index is 12.1. The topological polar surface area (TPSA) is 70.2 Å². The van der Waals surface area contributed by atoms with Crippen molar-refractivity contribution in [3.63, 3.8) is 0 Å². The average Bonchev–Trinajstić information content (AvgIpc) is 2.86. The number of halogens is 1. The Hall–Kier alpha value is -2.53. The standard InChI is InChI=1S/C17H16ClN3O2/c1-10(11-5-6-15-12(7-11)8-16(22)21-15)19-17(23)20-14-4-2-3-13(18)9-14/h2-7,9-10H,8H2,1H3,(H,21,22)(H2,19,20,23)/t10-/m0/s1. The normalized spacial score (nSPS) is 13.9. The fraction of sp³-hybridized carbons (Fsp3) is 0.176. The summed E-state index contributed by atoms with van der Waals surface area (Å²) >= 11 is 5.89. The van der Waals surface area contributed by atoms with Crippen LogP contribution >= 0.6 is 11.6 Å². The van der Waals surface area contributed by atoms with Crippen molar-refractivity contribution in [3.05, 3.63) is 58.6 Å². The number of anilines is 2. The lowest BCUT2D eigenvalue weighted by Gasteiger charge is -2.16. The molecule has 0 unspecified atom stereocenters. The van der Waals surface area contributed by atoms with E-state index in [1.165, 1.54) is 0 Å². The summed E-state index contributed by atoms with van der Waals surface area (Å²) in [4.78, 5) is 23.4. The van der Waals surface area contributed by atoms with E-state index in [0.717, 1.165) is 16.8 Å². The SMILES string of the molecule is C[C@H](NC(=O)Nc1cccc(Cl)c1)c1ccc2c(c1)CC(=O)N2. The van der Waals surface area contributed by atoms with E-state index in [0.29, 0.717) is 17.1 Å².